The summed E-state index contributed by atoms with van der Waals surface area (Å²) < 4.78 is 0. The summed E-state index contributed by atoms with van der Waals surface area (Å²) in [7, 11) is 0. The quantitative estimate of drug-likeness (QED) is 0.772. The van der Waals surface area contributed by atoms with Crippen molar-refractivity contribution >= 4 is 0 Å². The fourth-order valence-corrected chi connectivity index (χ4v) is 2.80. The summed E-state index contributed by atoms with van der Waals surface area (Å²) in [4.78, 5) is 2.51. The zero-order chi connectivity index (χ0) is 13.7. The second-order valence-electron chi connectivity index (χ2n) is 5.67. The monoisotopic (exact) mass is 260 g/mol. The minimum atomic E-state index is 0.379. The molecule has 0 radical (unpaired) electrons. The molecule has 1 aromatic rings. The molecule has 1 saturated carbocycles. The maximum absolute atomic E-state index is 6.02. The number of benzene rings is 1. The summed E-state index contributed by atoms with van der Waals surface area (Å²) in [6.45, 7) is 7.42. The van der Waals surface area contributed by atoms with Crippen molar-refractivity contribution in [1.29, 1.82) is 0 Å². The number of hydrogen-bond acceptors (Lipinski definition) is 2. The Morgan fingerprint density at radius 2 is 1.89 bits per heavy atom. The highest BCUT2D eigenvalue weighted by Gasteiger charge is 2.24. The van der Waals surface area contributed by atoms with E-state index in [1.807, 2.05) is 0 Å². The third-order valence-corrected chi connectivity index (χ3v) is 4.24. The van der Waals surface area contributed by atoms with Gasteiger partial charge < -0.3 is 5.73 Å². The SMILES string of the molecule is CCCCN(CC)C(CN)c1ccc(C2CC2)cc1. The zero-order valence-corrected chi connectivity index (χ0v) is 12.4. The lowest BCUT2D eigenvalue weighted by Gasteiger charge is -2.30. The molecule has 2 rings (SSSR count). The van der Waals surface area contributed by atoms with E-state index in [2.05, 4.69) is 43.0 Å². The minimum absolute atomic E-state index is 0.379. The van der Waals surface area contributed by atoms with E-state index in [9.17, 15) is 0 Å². The Morgan fingerprint density at radius 1 is 1.21 bits per heavy atom. The summed E-state index contributed by atoms with van der Waals surface area (Å²) in [5, 5.41) is 0. The number of likely N-dealkylation sites (N-methyl/N-ethyl adjacent to an activating group) is 1. The Bertz CT molecular complexity index is 367. The van der Waals surface area contributed by atoms with Crippen LogP contribution < -0.4 is 5.73 Å². The molecule has 2 N–H and O–H groups in total. The van der Waals surface area contributed by atoms with Crippen LogP contribution in [-0.2, 0) is 0 Å². The molecular formula is C17H28N2. The third kappa shape index (κ3) is 3.80. The van der Waals surface area contributed by atoms with Gasteiger partial charge in [-0.05, 0) is 49.4 Å². The maximum Gasteiger partial charge on any atom is 0.0470 e. The normalized spacial score (nSPS) is 16.8. The van der Waals surface area contributed by atoms with Gasteiger partial charge in [0.1, 0.15) is 0 Å². The van der Waals surface area contributed by atoms with Gasteiger partial charge in [-0.3, -0.25) is 4.90 Å². The second kappa shape index (κ2) is 7.06. The lowest BCUT2D eigenvalue weighted by molar-refractivity contribution is 0.209. The molecule has 1 fully saturated rings. The van der Waals surface area contributed by atoms with Crippen molar-refractivity contribution in [2.45, 2.75) is 51.5 Å². The average Bonchev–Trinajstić information content (AvgIpc) is 3.28. The van der Waals surface area contributed by atoms with Gasteiger partial charge in [0.25, 0.3) is 0 Å². The lowest BCUT2D eigenvalue weighted by Crippen LogP contribution is -2.34. The summed E-state index contributed by atoms with van der Waals surface area (Å²) in [6, 6.07) is 9.58. The summed E-state index contributed by atoms with van der Waals surface area (Å²) in [6.07, 6.45) is 5.24. The molecule has 0 aromatic heterocycles. The molecular weight excluding hydrogens is 232 g/mol. The molecule has 19 heavy (non-hydrogen) atoms. The van der Waals surface area contributed by atoms with E-state index < -0.39 is 0 Å². The van der Waals surface area contributed by atoms with Gasteiger partial charge in [-0.15, -0.1) is 0 Å². The lowest BCUT2D eigenvalue weighted by atomic mass is 10.0. The van der Waals surface area contributed by atoms with Gasteiger partial charge in [-0.2, -0.15) is 0 Å². The van der Waals surface area contributed by atoms with Crippen molar-refractivity contribution < 1.29 is 0 Å². The number of nitrogens with two attached hydrogens (primary N) is 1. The van der Waals surface area contributed by atoms with Crippen LogP contribution in [0.1, 0.15) is 62.6 Å². The fraction of sp³-hybridized carbons (Fsp3) is 0.647. The van der Waals surface area contributed by atoms with Gasteiger partial charge in [0.05, 0.1) is 0 Å². The van der Waals surface area contributed by atoms with Crippen LogP contribution in [0, 0.1) is 0 Å². The predicted molar refractivity (Wildman–Crippen MR) is 82.4 cm³/mol. The number of unbranched alkanes of at least 4 members (excludes halogenated alkanes) is 1. The van der Waals surface area contributed by atoms with Crippen LogP contribution >= 0.6 is 0 Å². The summed E-state index contributed by atoms with van der Waals surface area (Å²) in [5.74, 6) is 0.841. The fourth-order valence-electron chi connectivity index (χ4n) is 2.80. The number of rotatable bonds is 8. The van der Waals surface area contributed by atoms with Gasteiger partial charge in [0, 0.05) is 12.6 Å². The molecule has 1 aromatic carbocycles. The first-order valence-electron chi connectivity index (χ1n) is 7.84. The first-order chi connectivity index (χ1) is 9.30. The van der Waals surface area contributed by atoms with Crippen molar-refractivity contribution in [3.8, 4) is 0 Å². The highest BCUT2D eigenvalue weighted by molar-refractivity contribution is 5.30. The molecule has 0 amide bonds. The molecule has 1 atom stereocenters. The van der Waals surface area contributed by atoms with E-state index in [0.717, 1.165) is 19.0 Å². The van der Waals surface area contributed by atoms with E-state index in [1.165, 1.54) is 36.8 Å². The van der Waals surface area contributed by atoms with Crippen LogP contribution in [0.25, 0.3) is 0 Å². The molecule has 1 aliphatic rings. The van der Waals surface area contributed by atoms with E-state index in [1.54, 1.807) is 0 Å². The van der Waals surface area contributed by atoms with Gasteiger partial charge in [-0.25, -0.2) is 0 Å². The molecule has 1 unspecified atom stereocenters. The van der Waals surface area contributed by atoms with Gasteiger partial charge in [-0.1, -0.05) is 44.5 Å². The van der Waals surface area contributed by atoms with Gasteiger partial charge in [0.2, 0.25) is 0 Å². The average molecular weight is 260 g/mol. The van der Waals surface area contributed by atoms with E-state index >= 15 is 0 Å². The van der Waals surface area contributed by atoms with Crippen molar-refractivity contribution in [1.82, 2.24) is 4.90 Å². The van der Waals surface area contributed by atoms with E-state index in [4.69, 9.17) is 5.73 Å². The molecule has 0 saturated heterocycles. The molecule has 106 valence electrons. The molecule has 0 bridgehead atoms. The van der Waals surface area contributed by atoms with Crippen molar-refractivity contribution in [2.24, 2.45) is 5.73 Å². The van der Waals surface area contributed by atoms with Crippen LogP contribution in [0.5, 0.6) is 0 Å². The Balaban J connectivity index is 2.05. The van der Waals surface area contributed by atoms with Crippen molar-refractivity contribution in [2.75, 3.05) is 19.6 Å². The summed E-state index contributed by atoms with van der Waals surface area (Å²) >= 11 is 0. The standard InChI is InChI=1S/C17H28N2/c1-3-5-12-19(4-2)17(13-18)16-10-8-15(9-11-16)14-6-7-14/h8-11,14,17H,3-7,12-13,18H2,1-2H3. The van der Waals surface area contributed by atoms with Crippen LogP contribution in [0.4, 0.5) is 0 Å². The Labute approximate surface area is 118 Å². The number of nitrogens with zero attached hydrogens (tertiary/aromatic N) is 1. The maximum atomic E-state index is 6.02. The smallest absolute Gasteiger partial charge is 0.0470 e. The largest absolute Gasteiger partial charge is 0.329 e. The van der Waals surface area contributed by atoms with Crippen molar-refractivity contribution in [3.05, 3.63) is 35.4 Å². The highest BCUT2D eigenvalue weighted by atomic mass is 15.2. The van der Waals surface area contributed by atoms with Crippen molar-refractivity contribution in [3.63, 3.8) is 0 Å². The number of hydrogen-bond donors (Lipinski definition) is 1. The molecule has 2 heteroatoms. The van der Waals surface area contributed by atoms with E-state index in [0.29, 0.717) is 12.6 Å². The Kier molecular flexibility index (Phi) is 5.41. The minimum Gasteiger partial charge on any atom is -0.329 e. The first kappa shape index (κ1) is 14.5. The predicted octanol–water partition coefficient (Wildman–Crippen LogP) is 3.69. The second-order valence-corrected chi connectivity index (χ2v) is 5.67. The Morgan fingerprint density at radius 3 is 2.37 bits per heavy atom. The molecule has 0 spiro atoms. The van der Waals surface area contributed by atoms with Gasteiger partial charge >= 0.3 is 0 Å². The van der Waals surface area contributed by atoms with Crippen LogP contribution in [0.15, 0.2) is 24.3 Å². The highest BCUT2D eigenvalue weighted by Crippen LogP contribution is 2.40. The zero-order valence-electron chi connectivity index (χ0n) is 12.4. The van der Waals surface area contributed by atoms with Crippen LogP contribution in [0.3, 0.4) is 0 Å². The van der Waals surface area contributed by atoms with Crippen LogP contribution in [-0.4, -0.2) is 24.5 Å². The molecule has 2 nitrogen and oxygen atoms in total. The molecule has 0 aliphatic heterocycles. The first-order valence-corrected chi connectivity index (χ1v) is 7.84. The Hall–Kier alpha value is -0.860. The third-order valence-electron chi connectivity index (χ3n) is 4.24. The summed E-state index contributed by atoms with van der Waals surface area (Å²) in [5.41, 5.74) is 8.91. The molecule has 0 heterocycles. The molecule has 1 aliphatic carbocycles. The topological polar surface area (TPSA) is 29.3 Å². The van der Waals surface area contributed by atoms with E-state index in [-0.39, 0.29) is 0 Å². The van der Waals surface area contributed by atoms with Crippen LogP contribution in [0.2, 0.25) is 0 Å². The van der Waals surface area contributed by atoms with Gasteiger partial charge in [0.15, 0.2) is 0 Å².